The molecule has 9 heteroatoms. The molecule has 1 amide bonds. The van der Waals surface area contributed by atoms with Crippen molar-refractivity contribution in [1.82, 2.24) is 29.5 Å². The fraction of sp³-hybridized carbons (Fsp3) is 0.286. The van der Waals surface area contributed by atoms with Crippen LogP contribution >= 0.6 is 11.3 Å². The van der Waals surface area contributed by atoms with Gasteiger partial charge in [-0.05, 0) is 12.0 Å². The molecule has 1 N–H and O–H groups in total. The predicted molar refractivity (Wildman–Crippen MR) is 113 cm³/mol. The summed E-state index contributed by atoms with van der Waals surface area (Å²) >= 11 is 1.46. The highest BCUT2D eigenvalue weighted by Gasteiger charge is 2.18. The van der Waals surface area contributed by atoms with Gasteiger partial charge in [0.1, 0.15) is 17.2 Å². The maximum atomic E-state index is 12.8. The number of aryl methyl sites for hydroxylation is 1. The molecule has 0 saturated heterocycles. The van der Waals surface area contributed by atoms with Crippen molar-refractivity contribution in [2.24, 2.45) is 0 Å². The summed E-state index contributed by atoms with van der Waals surface area (Å²) in [6, 6.07) is 10.0. The number of fused-ring (bicyclic) bond motifs is 2. The Labute approximate surface area is 176 Å². The van der Waals surface area contributed by atoms with E-state index < -0.39 is 5.91 Å². The topological polar surface area (TPSA) is 94.2 Å². The zero-order valence-electron chi connectivity index (χ0n) is 16.2. The minimum atomic E-state index is -0.418. The van der Waals surface area contributed by atoms with Gasteiger partial charge in [0, 0.05) is 49.6 Å². The standard InChI is InChI=1S/C21H20N6O2S/c28-19(22-9-8-18-25-24-17-7-4-10-26(17)18)16-12-23-21-27(20(16)29)13-15(30-21)11-14-5-2-1-3-6-14/h1-3,5-6,12-13H,4,7-11H2,(H,22,28). The van der Waals surface area contributed by atoms with Crippen LogP contribution in [0.3, 0.4) is 0 Å². The fourth-order valence-corrected chi connectivity index (χ4v) is 4.71. The van der Waals surface area contributed by atoms with E-state index >= 15 is 0 Å². The number of carbonyl (C=O) groups excluding carboxylic acids is 1. The van der Waals surface area contributed by atoms with Gasteiger partial charge >= 0.3 is 0 Å². The van der Waals surface area contributed by atoms with Gasteiger partial charge in [-0.2, -0.15) is 0 Å². The lowest BCUT2D eigenvalue weighted by Crippen LogP contribution is -2.32. The fourth-order valence-electron chi connectivity index (χ4n) is 3.74. The molecule has 1 aliphatic heterocycles. The second-order valence-corrected chi connectivity index (χ2v) is 8.38. The van der Waals surface area contributed by atoms with Gasteiger partial charge in [-0.25, -0.2) is 4.98 Å². The molecular formula is C21H20N6O2S. The Balaban J connectivity index is 1.29. The summed E-state index contributed by atoms with van der Waals surface area (Å²) in [5.41, 5.74) is 0.856. The van der Waals surface area contributed by atoms with Crippen molar-refractivity contribution in [1.29, 1.82) is 0 Å². The molecule has 30 heavy (non-hydrogen) atoms. The molecule has 0 spiro atoms. The largest absolute Gasteiger partial charge is 0.351 e. The van der Waals surface area contributed by atoms with Crippen molar-refractivity contribution in [2.75, 3.05) is 6.54 Å². The third-order valence-corrected chi connectivity index (χ3v) is 6.24. The van der Waals surface area contributed by atoms with E-state index in [0.717, 1.165) is 47.9 Å². The summed E-state index contributed by atoms with van der Waals surface area (Å²) in [6.45, 7) is 1.32. The third kappa shape index (κ3) is 3.52. The lowest BCUT2D eigenvalue weighted by atomic mass is 10.1. The average Bonchev–Trinajstić information content (AvgIpc) is 3.46. The maximum Gasteiger partial charge on any atom is 0.271 e. The van der Waals surface area contributed by atoms with Gasteiger partial charge < -0.3 is 9.88 Å². The van der Waals surface area contributed by atoms with Crippen molar-refractivity contribution >= 4 is 22.2 Å². The lowest BCUT2D eigenvalue weighted by molar-refractivity contribution is 0.0952. The van der Waals surface area contributed by atoms with Gasteiger partial charge in [0.15, 0.2) is 4.96 Å². The van der Waals surface area contributed by atoms with Gasteiger partial charge in [-0.3, -0.25) is 14.0 Å². The van der Waals surface area contributed by atoms with Crippen LogP contribution in [0.25, 0.3) is 4.96 Å². The SMILES string of the molecule is O=C(NCCc1nnc2n1CCC2)c1cnc2sc(Cc3ccccc3)cn2c1=O. The Morgan fingerprint density at radius 3 is 2.93 bits per heavy atom. The molecule has 1 aliphatic rings. The Bertz CT molecular complexity index is 1270. The van der Waals surface area contributed by atoms with E-state index in [4.69, 9.17) is 0 Å². The molecule has 4 aromatic rings. The zero-order valence-corrected chi connectivity index (χ0v) is 17.1. The first kappa shape index (κ1) is 18.7. The molecule has 5 rings (SSSR count). The molecule has 152 valence electrons. The summed E-state index contributed by atoms with van der Waals surface area (Å²) < 4.78 is 3.57. The number of nitrogens with zero attached hydrogens (tertiary/aromatic N) is 5. The number of amides is 1. The molecule has 3 aromatic heterocycles. The van der Waals surface area contributed by atoms with E-state index in [2.05, 4.69) is 25.1 Å². The number of benzene rings is 1. The van der Waals surface area contributed by atoms with E-state index in [1.807, 2.05) is 30.3 Å². The zero-order chi connectivity index (χ0) is 20.5. The molecule has 0 saturated carbocycles. The Morgan fingerprint density at radius 2 is 2.07 bits per heavy atom. The molecule has 0 radical (unpaired) electrons. The van der Waals surface area contributed by atoms with E-state index in [1.54, 1.807) is 6.20 Å². The number of hydrogen-bond donors (Lipinski definition) is 1. The van der Waals surface area contributed by atoms with Crippen LogP contribution in [0.4, 0.5) is 0 Å². The van der Waals surface area contributed by atoms with Crippen LogP contribution in [-0.2, 0) is 25.8 Å². The van der Waals surface area contributed by atoms with Crippen LogP contribution in [0.15, 0.2) is 47.5 Å². The van der Waals surface area contributed by atoms with E-state index in [1.165, 1.54) is 21.9 Å². The van der Waals surface area contributed by atoms with Crippen molar-refractivity contribution in [3.05, 3.63) is 80.7 Å². The summed E-state index contributed by atoms with van der Waals surface area (Å²) in [6.07, 6.45) is 6.48. The third-order valence-electron chi connectivity index (χ3n) is 5.24. The molecule has 0 atom stereocenters. The van der Waals surface area contributed by atoms with E-state index in [9.17, 15) is 9.59 Å². The predicted octanol–water partition coefficient (Wildman–Crippen LogP) is 1.86. The molecule has 0 bridgehead atoms. The highest BCUT2D eigenvalue weighted by molar-refractivity contribution is 7.17. The molecule has 8 nitrogen and oxygen atoms in total. The maximum absolute atomic E-state index is 12.8. The molecular weight excluding hydrogens is 400 g/mol. The second-order valence-electron chi connectivity index (χ2n) is 7.28. The van der Waals surface area contributed by atoms with Gasteiger partial charge in [0.2, 0.25) is 0 Å². The highest BCUT2D eigenvalue weighted by Crippen LogP contribution is 2.18. The van der Waals surface area contributed by atoms with E-state index in [0.29, 0.717) is 17.9 Å². The van der Waals surface area contributed by atoms with Crippen LogP contribution in [0.5, 0.6) is 0 Å². The Morgan fingerprint density at radius 1 is 1.20 bits per heavy atom. The molecule has 0 fully saturated rings. The first-order valence-electron chi connectivity index (χ1n) is 9.92. The first-order valence-corrected chi connectivity index (χ1v) is 10.7. The van der Waals surface area contributed by atoms with Gasteiger partial charge in [0.25, 0.3) is 11.5 Å². The molecule has 1 aromatic carbocycles. The molecule has 4 heterocycles. The number of hydrogen-bond acceptors (Lipinski definition) is 6. The van der Waals surface area contributed by atoms with Gasteiger partial charge in [0.05, 0.1) is 0 Å². The lowest BCUT2D eigenvalue weighted by Gasteiger charge is -2.05. The number of thiazole rings is 1. The number of carbonyl (C=O) groups is 1. The smallest absolute Gasteiger partial charge is 0.271 e. The van der Waals surface area contributed by atoms with Gasteiger partial charge in [-0.15, -0.1) is 21.5 Å². The summed E-state index contributed by atoms with van der Waals surface area (Å²) in [5.74, 6) is 1.46. The normalized spacial score (nSPS) is 12.9. The summed E-state index contributed by atoms with van der Waals surface area (Å²) in [7, 11) is 0. The van der Waals surface area contributed by atoms with Crippen molar-refractivity contribution in [2.45, 2.75) is 32.2 Å². The Kier molecular flexibility index (Phi) is 4.88. The Hall–Kier alpha value is -3.33. The average molecular weight is 420 g/mol. The molecule has 0 unspecified atom stereocenters. The number of aromatic nitrogens is 5. The van der Waals surface area contributed by atoms with Crippen LogP contribution in [0.1, 0.15) is 38.9 Å². The summed E-state index contributed by atoms with van der Waals surface area (Å²) in [5, 5.41) is 11.2. The van der Waals surface area contributed by atoms with E-state index in [-0.39, 0.29) is 11.1 Å². The monoisotopic (exact) mass is 420 g/mol. The van der Waals surface area contributed by atoms with Crippen LogP contribution in [0, 0.1) is 0 Å². The number of rotatable bonds is 6. The minimum absolute atomic E-state index is 0.0445. The summed E-state index contributed by atoms with van der Waals surface area (Å²) in [4.78, 5) is 31.3. The quantitative estimate of drug-likeness (QED) is 0.514. The highest BCUT2D eigenvalue weighted by atomic mass is 32.1. The minimum Gasteiger partial charge on any atom is -0.351 e. The first-order chi connectivity index (χ1) is 14.7. The van der Waals surface area contributed by atoms with Crippen molar-refractivity contribution < 1.29 is 4.79 Å². The van der Waals surface area contributed by atoms with Crippen molar-refractivity contribution in [3.8, 4) is 0 Å². The van der Waals surface area contributed by atoms with Crippen LogP contribution in [0.2, 0.25) is 0 Å². The molecule has 0 aliphatic carbocycles. The van der Waals surface area contributed by atoms with Gasteiger partial charge in [-0.1, -0.05) is 30.3 Å². The van der Waals surface area contributed by atoms with Crippen molar-refractivity contribution in [3.63, 3.8) is 0 Å². The van der Waals surface area contributed by atoms with Crippen LogP contribution in [-0.4, -0.2) is 36.6 Å². The second kappa shape index (κ2) is 7.83. The van der Waals surface area contributed by atoms with Crippen LogP contribution < -0.4 is 10.9 Å². The number of nitrogens with one attached hydrogen (secondary N) is 1.